The van der Waals surface area contributed by atoms with E-state index in [0.717, 1.165) is 28.8 Å². The molecule has 1 saturated heterocycles. The first-order chi connectivity index (χ1) is 16.1. The van der Waals surface area contributed by atoms with Crippen LogP contribution < -0.4 is 5.32 Å². The number of hydrogen-bond acceptors (Lipinski definition) is 3. The Morgan fingerprint density at radius 2 is 1.82 bits per heavy atom. The number of rotatable bonds is 3. The molecule has 3 aromatic rings. The molecule has 1 amide bonds. The maximum atomic E-state index is 13.5. The highest BCUT2D eigenvalue weighted by atomic mass is 19.1. The van der Waals surface area contributed by atoms with Crippen LogP contribution in [0.5, 0.6) is 0 Å². The number of amides is 1. The highest BCUT2D eigenvalue weighted by Crippen LogP contribution is 2.46. The SMILES string of the molecule is O=C(Cc1ccccc1)N1CC[C@@H]2[C@@H](CO)Nc3ccc(C#Cc4cccc(F)c4)cc3[C@@H]21. The van der Waals surface area contributed by atoms with E-state index in [4.69, 9.17) is 0 Å². The third-order valence-electron chi connectivity index (χ3n) is 6.56. The molecule has 5 rings (SSSR count). The number of hydrogen-bond donors (Lipinski definition) is 2. The first-order valence-corrected chi connectivity index (χ1v) is 11.2. The summed E-state index contributed by atoms with van der Waals surface area (Å²) in [7, 11) is 0. The maximum absolute atomic E-state index is 13.5. The predicted molar refractivity (Wildman–Crippen MR) is 126 cm³/mol. The molecular weight excluding hydrogens is 415 g/mol. The van der Waals surface area contributed by atoms with Crippen molar-refractivity contribution in [3.05, 3.63) is 101 Å². The second-order valence-corrected chi connectivity index (χ2v) is 8.64. The van der Waals surface area contributed by atoms with Gasteiger partial charge in [0.1, 0.15) is 5.82 Å². The molecule has 0 saturated carbocycles. The number of anilines is 1. The summed E-state index contributed by atoms with van der Waals surface area (Å²) in [6, 6.07) is 21.7. The number of benzene rings is 3. The minimum absolute atomic E-state index is 0.0163. The lowest BCUT2D eigenvalue weighted by atomic mass is 9.82. The summed E-state index contributed by atoms with van der Waals surface area (Å²) in [4.78, 5) is 15.2. The number of halogens is 1. The van der Waals surface area contributed by atoms with Crippen LogP contribution >= 0.6 is 0 Å². The van der Waals surface area contributed by atoms with E-state index in [0.29, 0.717) is 18.5 Å². The molecule has 166 valence electrons. The summed E-state index contributed by atoms with van der Waals surface area (Å²) in [6.07, 6.45) is 1.19. The van der Waals surface area contributed by atoms with E-state index in [1.165, 1.54) is 12.1 Å². The van der Waals surface area contributed by atoms with Crippen molar-refractivity contribution in [2.75, 3.05) is 18.5 Å². The monoisotopic (exact) mass is 440 g/mol. The lowest BCUT2D eigenvalue weighted by Crippen LogP contribution is -2.43. The summed E-state index contributed by atoms with van der Waals surface area (Å²) in [6.45, 7) is 0.681. The van der Waals surface area contributed by atoms with E-state index in [1.807, 2.05) is 53.4 Å². The van der Waals surface area contributed by atoms with Crippen LogP contribution in [0.25, 0.3) is 0 Å². The van der Waals surface area contributed by atoms with Crippen molar-refractivity contribution in [2.45, 2.75) is 24.9 Å². The summed E-state index contributed by atoms with van der Waals surface area (Å²) in [5.74, 6) is 6.07. The van der Waals surface area contributed by atoms with Gasteiger partial charge in [-0.25, -0.2) is 4.39 Å². The lowest BCUT2D eigenvalue weighted by Gasteiger charge is -2.39. The number of aliphatic hydroxyl groups excluding tert-OH is 1. The van der Waals surface area contributed by atoms with Gasteiger partial charge in [0, 0.05) is 29.3 Å². The summed E-state index contributed by atoms with van der Waals surface area (Å²) >= 11 is 0. The molecule has 0 aromatic heterocycles. The number of nitrogens with zero attached hydrogens (tertiary/aromatic N) is 1. The van der Waals surface area contributed by atoms with Crippen LogP contribution in [0.2, 0.25) is 0 Å². The van der Waals surface area contributed by atoms with Gasteiger partial charge in [-0.05, 0) is 53.9 Å². The molecule has 0 bridgehead atoms. The molecule has 0 aliphatic carbocycles. The van der Waals surface area contributed by atoms with Gasteiger partial charge in [0.15, 0.2) is 0 Å². The number of nitrogens with one attached hydrogen (secondary N) is 1. The Morgan fingerprint density at radius 3 is 2.58 bits per heavy atom. The Labute approximate surface area is 193 Å². The van der Waals surface area contributed by atoms with Crippen molar-refractivity contribution in [1.82, 2.24) is 4.90 Å². The van der Waals surface area contributed by atoms with E-state index in [-0.39, 0.29) is 36.3 Å². The second-order valence-electron chi connectivity index (χ2n) is 8.64. The molecule has 0 radical (unpaired) electrons. The number of carbonyl (C=O) groups excluding carboxylic acids is 1. The first kappa shape index (κ1) is 21.2. The van der Waals surface area contributed by atoms with Gasteiger partial charge in [-0.15, -0.1) is 0 Å². The van der Waals surface area contributed by atoms with Gasteiger partial charge in [-0.2, -0.15) is 0 Å². The molecule has 33 heavy (non-hydrogen) atoms. The minimum atomic E-state index is -0.312. The Hall–Kier alpha value is -3.62. The smallest absolute Gasteiger partial charge is 0.227 e. The van der Waals surface area contributed by atoms with E-state index in [9.17, 15) is 14.3 Å². The van der Waals surface area contributed by atoms with E-state index < -0.39 is 0 Å². The highest BCUT2D eigenvalue weighted by molar-refractivity contribution is 5.80. The largest absolute Gasteiger partial charge is 0.394 e. The Bertz CT molecular complexity index is 1230. The molecule has 3 aromatic carbocycles. The molecule has 2 aliphatic heterocycles. The fourth-order valence-corrected chi connectivity index (χ4v) is 5.00. The number of carbonyl (C=O) groups is 1. The van der Waals surface area contributed by atoms with Gasteiger partial charge < -0.3 is 15.3 Å². The van der Waals surface area contributed by atoms with Crippen molar-refractivity contribution < 1.29 is 14.3 Å². The van der Waals surface area contributed by atoms with Crippen molar-refractivity contribution in [3.63, 3.8) is 0 Å². The molecule has 1 fully saturated rings. The van der Waals surface area contributed by atoms with Gasteiger partial charge in [0.05, 0.1) is 25.1 Å². The lowest BCUT2D eigenvalue weighted by molar-refractivity contribution is -0.131. The zero-order valence-electron chi connectivity index (χ0n) is 18.2. The van der Waals surface area contributed by atoms with Gasteiger partial charge in [-0.3, -0.25) is 4.79 Å². The molecule has 3 atom stereocenters. The fraction of sp³-hybridized carbons (Fsp3) is 0.250. The number of likely N-dealkylation sites (tertiary alicyclic amines) is 1. The average molecular weight is 441 g/mol. The Kier molecular flexibility index (Phi) is 5.85. The molecule has 2 aliphatic rings. The Morgan fingerprint density at radius 1 is 1.03 bits per heavy atom. The normalized spacial score (nSPS) is 20.8. The summed E-state index contributed by atoms with van der Waals surface area (Å²) in [5, 5.41) is 13.4. The molecule has 2 heterocycles. The number of aliphatic hydroxyl groups is 1. The Balaban J connectivity index is 1.47. The third kappa shape index (κ3) is 4.35. The zero-order valence-corrected chi connectivity index (χ0v) is 18.2. The van der Waals surface area contributed by atoms with Crippen LogP contribution in [0, 0.1) is 23.6 Å². The van der Waals surface area contributed by atoms with E-state index in [1.54, 1.807) is 12.1 Å². The molecular formula is C28H25FN2O2. The molecule has 5 heteroatoms. The fourth-order valence-electron chi connectivity index (χ4n) is 5.00. The molecule has 2 N–H and O–H groups in total. The van der Waals surface area contributed by atoms with Gasteiger partial charge in [-0.1, -0.05) is 48.2 Å². The zero-order chi connectivity index (χ0) is 22.8. The summed E-state index contributed by atoms with van der Waals surface area (Å²) in [5.41, 5.74) is 4.36. The van der Waals surface area contributed by atoms with Crippen LogP contribution in [0.4, 0.5) is 10.1 Å². The average Bonchev–Trinajstić information content (AvgIpc) is 3.29. The van der Waals surface area contributed by atoms with Crippen LogP contribution in [-0.2, 0) is 11.2 Å². The van der Waals surface area contributed by atoms with Crippen LogP contribution in [0.15, 0.2) is 72.8 Å². The van der Waals surface area contributed by atoms with E-state index >= 15 is 0 Å². The third-order valence-corrected chi connectivity index (χ3v) is 6.56. The summed E-state index contributed by atoms with van der Waals surface area (Å²) < 4.78 is 13.5. The molecule has 0 spiro atoms. The van der Waals surface area contributed by atoms with Crippen LogP contribution in [-0.4, -0.2) is 35.1 Å². The second kappa shape index (κ2) is 9.09. The van der Waals surface area contributed by atoms with Crippen LogP contribution in [0.1, 0.15) is 34.7 Å². The topological polar surface area (TPSA) is 52.6 Å². The minimum Gasteiger partial charge on any atom is -0.394 e. The van der Waals surface area contributed by atoms with Gasteiger partial charge >= 0.3 is 0 Å². The standard InChI is InChI=1S/C28H25FN2O2/c29-22-8-4-7-20(15-22)9-10-21-11-12-25-24(16-21)28-23(26(18-32)30-25)13-14-31(28)27(33)17-19-5-2-1-3-6-19/h1-8,11-12,15-16,23,26,28,30,32H,13-14,17-18H2/t23-,26-,28-/m1/s1. The van der Waals surface area contributed by atoms with E-state index in [2.05, 4.69) is 17.2 Å². The van der Waals surface area contributed by atoms with Crippen molar-refractivity contribution >= 4 is 11.6 Å². The molecule has 4 nitrogen and oxygen atoms in total. The quantitative estimate of drug-likeness (QED) is 0.602. The maximum Gasteiger partial charge on any atom is 0.227 e. The van der Waals surface area contributed by atoms with Crippen molar-refractivity contribution in [1.29, 1.82) is 0 Å². The van der Waals surface area contributed by atoms with Gasteiger partial charge in [0.25, 0.3) is 0 Å². The van der Waals surface area contributed by atoms with Crippen molar-refractivity contribution in [2.24, 2.45) is 5.92 Å². The number of fused-ring (bicyclic) bond motifs is 3. The first-order valence-electron chi connectivity index (χ1n) is 11.2. The van der Waals surface area contributed by atoms with Gasteiger partial charge in [0.2, 0.25) is 5.91 Å². The molecule has 0 unspecified atom stereocenters. The highest BCUT2D eigenvalue weighted by Gasteiger charge is 2.45. The predicted octanol–water partition coefficient (Wildman–Crippen LogP) is 4.14. The van der Waals surface area contributed by atoms with Crippen LogP contribution in [0.3, 0.4) is 0 Å². The van der Waals surface area contributed by atoms with Crippen molar-refractivity contribution in [3.8, 4) is 11.8 Å².